The maximum atomic E-state index is 9.72. The van der Waals surface area contributed by atoms with E-state index in [4.69, 9.17) is 14.7 Å². The molecule has 2 rings (SSSR count). The summed E-state index contributed by atoms with van der Waals surface area (Å²) in [6, 6.07) is 9.58. The Morgan fingerprint density at radius 3 is 2.48 bits per heavy atom. The number of ether oxygens (including phenoxy) is 1. The topological polar surface area (TPSA) is 112 Å². The summed E-state index contributed by atoms with van der Waals surface area (Å²) in [6.07, 6.45) is -4.53. The highest BCUT2D eigenvalue weighted by atomic mass is 16.8. The van der Waals surface area contributed by atoms with Gasteiger partial charge in [-0.25, -0.2) is 0 Å². The van der Waals surface area contributed by atoms with Crippen LogP contribution >= 0.6 is 0 Å². The quantitative estimate of drug-likeness (QED) is 0.411. The number of benzene rings is 1. The Bertz CT molecular complexity index is 452. The second-order valence-corrected chi connectivity index (χ2v) is 4.78. The molecule has 0 radical (unpaired) electrons. The summed E-state index contributed by atoms with van der Waals surface area (Å²) in [5.74, 6) is 0. The van der Waals surface area contributed by atoms with Gasteiger partial charge in [-0.15, -0.1) is 0 Å². The molecule has 0 saturated carbocycles. The predicted molar refractivity (Wildman–Crippen MR) is 73.5 cm³/mol. The van der Waals surface area contributed by atoms with E-state index in [2.05, 4.69) is 5.16 Å². The van der Waals surface area contributed by atoms with Crippen molar-refractivity contribution in [2.45, 2.75) is 37.1 Å². The third-order valence-electron chi connectivity index (χ3n) is 3.26. The summed E-state index contributed by atoms with van der Waals surface area (Å²) in [5, 5.41) is 41.6. The Balaban J connectivity index is 1.87. The summed E-state index contributed by atoms with van der Waals surface area (Å²) >= 11 is 0. The molecule has 0 bridgehead atoms. The number of hydrogen-bond donors (Lipinski definition) is 4. The number of nitrogens with zero attached hydrogens (tertiary/aromatic N) is 1. The van der Waals surface area contributed by atoms with E-state index in [1.54, 1.807) is 0 Å². The fourth-order valence-corrected chi connectivity index (χ4v) is 2.01. The zero-order valence-corrected chi connectivity index (χ0v) is 11.3. The molecule has 7 nitrogen and oxygen atoms in total. The monoisotopic (exact) mass is 297 g/mol. The third-order valence-corrected chi connectivity index (χ3v) is 3.26. The second kappa shape index (κ2) is 7.48. The Hall–Kier alpha value is -1.51. The van der Waals surface area contributed by atoms with Gasteiger partial charge >= 0.3 is 0 Å². The van der Waals surface area contributed by atoms with Crippen molar-refractivity contribution in [1.29, 1.82) is 0 Å². The molecular formula is C14H19NO6. The van der Waals surface area contributed by atoms with Gasteiger partial charge in [0, 0.05) is 12.6 Å². The van der Waals surface area contributed by atoms with Gasteiger partial charge in [0.05, 0.1) is 6.61 Å². The van der Waals surface area contributed by atoms with Crippen LogP contribution in [0.3, 0.4) is 0 Å². The van der Waals surface area contributed by atoms with Crippen molar-refractivity contribution < 1.29 is 30.0 Å². The van der Waals surface area contributed by atoms with Crippen LogP contribution in [0.1, 0.15) is 5.56 Å². The van der Waals surface area contributed by atoms with Crippen molar-refractivity contribution in [2.75, 3.05) is 6.61 Å². The second-order valence-electron chi connectivity index (χ2n) is 4.78. The van der Waals surface area contributed by atoms with Crippen LogP contribution in [-0.4, -0.2) is 64.0 Å². The zero-order valence-electron chi connectivity index (χ0n) is 11.3. The van der Waals surface area contributed by atoms with Crippen molar-refractivity contribution >= 4 is 6.21 Å². The van der Waals surface area contributed by atoms with Gasteiger partial charge in [-0.3, -0.25) is 0 Å². The van der Waals surface area contributed by atoms with E-state index < -0.39 is 37.3 Å². The van der Waals surface area contributed by atoms with Gasteiger partial charge in [0.2, 0.25) is 0 Å². The van der Waals surface area contributed by atoms with Gasteiger partial charge in [-0.05, 0) is 5.56 Å². The molecule has 0 aromatic heterocycles. The first-order valence-electron chi connectivity index (χ1n) is 6.65. The molecular weight excluding hydrogens is 278 g/mol. The predicted octanol–water partition coefficient (Wildman–Crippen LogP) is -0.969. The molecule has 3 unspecified atom stereocenters. The van der Waals surface area contributed by atoms with Crippen LogP contribution in [-0.2, 0) is 16.0 Å². The highest BCUT2D eigenvalue weighted by Crippen LogP contribution is 2.21. The number of hydrogen-bond acceptors (Lipinski definition) is 7. The van der Waals surface area contributed by atoms with Crippen LogP contribution < -0.4 is 0 Å². The van der Waals surface area contributed by atoms with Crippen molar-refractivity contribution in [3.63, 3.8) is 0 Å². The van der Waals surface area contributed by atoms with Crippen molar-refractivity contribution in [3.05, 3.63) is 35.9 Å². The van der Waals surface area contributed by atoms with Crippen LogP contribution in [0.15, 0.2) is 35.5 Å². The summed E-state index contributed by atoms with van der Waals surface area (Å²) in [4.78, 5) is 4.98. The minimum atomic E-state index is -1.47. The lowest BCUT2D eigenvalue weighted by Crippen LogP contribution is -2.58. The molecule has 1 aromatic rings. The lowest BCUT2D eigenvalue weighted by atomic mass is 9.99. The normalized spacial score (nSPS) is 33.2. The van der Waals surface area contributed by atoms with Crippen molar-refractivity contribution in [3.8, 4) is 0 Å². The summed E-state index contributed by atoms with van der Waals surface area (Å²) < 4.78 is 5.14. The number of aliphatic hydroxyl groups excluding tert-OH is 4. The highest BCUT2D eigenvalue weighted by molar-refractivity contribution is 5.60. The highest BCUT2D eigenvalue weighted by Gasteiger charge is 2.44. The molecule has 0 amide bonds. The first kappa shape index (κ1) is 15.9. The van der Waals surface area contributed by atoms with E-state index in [0.717, 1.165) is 5.56 Å². The third kappa shape index (κ3) is 3.99. The van der Waals surface area contributed by atoms with Crippen LogP contribution in [0.25, 0.3) is 0 Å². The SMILES string of the molecule is OCC1O[C@@H](O/N=C/Cc2ccccc2)C(O)[C@@H](O)C1O. The van der Waals surface area contributed by atoms with Gasteiger partial charge in [0.15, 0.2) is 0 Å². The summed E-state index contributed by atoms with van der Waals surface area (Å²) in [6.45, 7) is -0.501. The summed E-state index contributed by atoms with van der Waals surface area (Å²) in [5.41, 5.74) is 1.04. The molecule has 1 heterocycles. The average Bonchev–Trinajstić information content (AvgIpc) is 2.52. The van der Waals surface area contributed by atoms with E-state index in [9.17, 15) is 15.3 Å². The zero-order chi connectivity index (χ0) is 15.2. The van der Waals surface area contributed by atoms with Crippen LogP contribution in [0.2, 0.25) is 0 Å². The first-order valence-corrected chi connectivity index (χ1v) is 6.65. The van der Waals surface area contributed by atoms with E-state index in [1.165, 1.54) is 6.21 Å². The minimum absolute atomic E-state index is 0.501. The molecule has 1 aliphatic rings. The standard InChI is InChI=1S/C14H19NO6/c16-8-10-11(17)12(18)13(19)14(20-10)21-15-7-6-9-4-2-1-3-5-9/h1-5,7,10-14,16-19H,6,8H2/b15-7+/t10?,11?,12-,13?,14-/m0/s1. The molecule has 4 N–H and O–H groups in total. The number of oxime groups is 1. The molecule has 7 heteroatoms. The molecule has 1 aliphatic heterocycles. The number of rotatable bonds is 5. The molecule has 0 aliphatic carbocycles. The van der Waals surface area contributed by atoms with Gasteiger partial charge in [0.25, 0.3) is 6.29 Å². The van der Waals surface area contributed by atoms with Gasteiger partial charge in [-0.2, -0.15) is 0 Å². The maximum absolute atomic E-state index is 9.72. The van der Waals surface area contributed by atoms with Crippen molar-refractivity contribution in [2.24, 2.45) is 5.16 Å². The van der Waals surface area contributed by atoms with E-state index in [1.807, 2.05) is 30.3 Å². The Morgan fingerprint density at radius 1 is 1.10 bits per heavy atom. The lowest BCUT2D eigenvalue weighted by molar-refractivity contribution is -0.301. The molecule has 1 fully saturated rings. The maximum Gasteiger partial charge on any atom is 0.256 e. The molecule has 21 heavy (non-hydrogen) atoms. The average molecular weight is 297 g/mol. The van der Waals surface area contributed by atoms with E-state index >= 15 is 0 Å². The fourth-order valence-electron chi connectivity index (χ4n) is 2.01. The lowest BCUT2D eigenvalue weighted by Gasteiger charge is -2.38. The molecule has 1 aromatic carbocycles. The number of aliphatic hydroxyl groups is 4. The van der Waals surface area contributed by atoms with Gasteiger partial charge < -0.3 is 30.0 Å². The molecule has 116 valence electrons. The van der Waals surface area contributed by atoms with Crippen LogP contribution in [0.5, 0.6) is 0 Å². The van der Waals surface area contributed by atoms with Crippen LogP contribution in [0.4, 0.5) is 0 Å². The van der Waals surface area contributed by atoms with Gasteiger partial charge in [0.1, 0.15) is 24.4 Å². The summed E-state index contributed by atoms with van der Waals surface area (Å²) in [7, 11) is 0. The first-order chi connectivity index (χ1) is 10.1. The van der Waals surface area contributed by atoms with Gasteiger partial charge in [-0.1, -0.05) is 35.5 Å². The Labute approximate surface area is 122 Å². The van der Waals surface area contributed by atoms with Crippen LogP contribution in [0, 0.1) is 0 Å². The molecule has 0 spiro atoms. The fraction of sp³-hybridized carbons (Fsp3) is 0.500. The van der Waals surface area contributed by atoms with Crippen molar-refractivity contribution in [1.82, 2.24) is 0 Å². The largest absolute Gasteiger partial charge is 0.394 e. The van der Waals surface area contributed by atoms with E-state index in [0.29, 0.717) is 6.42 Å². The molecule has 5 atom stereocenters. The Kier molecular flexibility index (Phi) is 5.66. The van der Waals surface area contributed by atoms with E-state index in [-0.39, 0.29) is 0 Å². The Morgan fingerprint density at radius 2 is 1.81 bits per heavy atom. The molecule has 1 saturated heterocycles. The smallest absolute Gasteiger partial charge is 0.256 e. The minimum Gasteiger partial charge on any atom is -0.394 e.